The molecule has 2 aromatic carbocycles. The number of piperazine rings is 1. The van der Waals surface area contributed by atoms with Gasteiger partial charge in [0, 0.05) is 60.4 Å². The van der Waals surface area contributed by atoms with Gasteiger partial charge < -0.3 is 20.1 Å². The molecular formula is C28H29N5O6S. The molecule has 3 heterocycles. The second-order valence-corrected chi connectivity index (χ2v) is 12.1. The van der Waals surface area contributed by atoms with Crippen molar-refractivity contribution in [2.45, 2.75) is 24.5 Å². The molecule has 0 radical (unpaired) electrons. The number of hydrogen-bond acceptors (Lipinski definition) is 7. The van der Waals surface area contributed by atoms with Crippen molar-refractivity contribution in [3.63, 3.8) is 0 Å². The van der Waals surface area contributed by atoms with E-state index in [0.717, 1.165) is 13.1 Å². The quantitative estimate of drug-likeness (QED) is 0.266. The number of nitro benzene ring substituents is 1. The lowest BCUT2D eigenvalue weighted by Gasteiger charge is -2.32. The number of aryl methyl sites for hydroxylation is 1. The fourth-order valence-corrected chi connectivity index (χ4v) is 6.55. The Labute approximate surface area is 231 Å². The van der Waals surface area contributed by atoms with Crippen LogP contribution in [0.25, 0.3) is 11.6 Å². The number of H-pyrrole nitrogens is 1. The van der Waals surface area contributed by atoms with Crippen LogP contribution in [0.5, 0.6) is 0 Å². The van der Waals surface area contributed by atoms with Crippen molar-refractivity contribution in [2.24, 2.45) is 0 Å². The van der Waals surface area contributed by atoms with Crippen molar-refractivity contribution in [1.82, 2.24) is 14.8 Å². The Morgan fingerprint density at radius 3 is 2.50 bits per heavy atom. The molecule has 0 aliphatic carbocycles. The van der Waals surface area contributed by atoms with Gasteiger partial charge in [-0.05, 0) is 50.7 Å². The molecule has 2 N–H and O–H groups in total. The number of amides is 2. The maximum atomic E-state index is 13.3. The number of nitro groups is 1. The zero-order chi connectivity index (χ0) is 28.8. The normalized spacial score (nSPS) is 16.7. The molecule has 0 bridgehead atoms. The zero-order valence-corrected chi connectivity index (χ0v) is 23.2. The van der Waals surface area contributed by atoms with Gasteiger partial charge >= 0.3 is 0 Å². The highest BCUT2D eigenvalue weighted by molar-refractivity contribution is 7.90. The second kappa shape index (κ2) is 10.4. The molecule has 1 fully saturated rings. The third-order valence-electron chi connectivity index (χ3n) is 7.44. The lowest BCUT2D eigenvalue weighted by molar-refractivity contribution is -0.385. The summed E-state index contributed by atoms with van der Waals surface area (Å²) in [7, 11) is -1.96. The topological polar surface area (TPSA) is 146 Å². The van der Waals surface area contributed by atoms with Crippen LogP contribution in [0, 0.1) is 24.0 Å². The van der Waals surface area contributed by atoms with Crippen LogP contribution in [0.2, 0.25) is 0 Å². The number of rotatable bonds is 6. The van der Waals surface area contributed by atoms with Crippen LogP contribution >= 0.6 is 0 Å². The van der Waals surface area contributed by atoms with Crippen LogP contribution in [0.15, 0.2) is 47.4 Å². The Hall–Kier alpha value is -4.29. The Bertz CT molecular complexity index is 1680. The Balaban J connectivity index is 1.48. The summed E-state index contributed by atoms with van der Waals surface area (Å²) in [6.45, 7) is 6.50. The van der Waals surface area contributed by atoms with Gasteiger partial charge in [0.25, 0.3) is 17.5 Å². The largest absolute Gasteiger partial charge is 0.358 e. The van der Waals surface area contributed by atoms with E-state index in [1.165, 1.54) is 36.4 Å². The highest BCUT2D eigenvalue weighted by Gasteiger charge is 2.30. The molecular weight excluding hydrogens is 534 g/mol. The van der Waals surface area contributed by atoms with E-state index in [1.54, 1.807) is 12.1 Å². The summed E-state index contributed by atoms with van der Waals surface area (Å²) in [5.74, 6) is -1.03. The number of aromatic amines is 1. The molecule has 11 nitrogen and oxygen atoms in total. The van der Waals surface area contributed by atoms with Crippen molar-refractivity contribution in [3.05, 3.63) is 86.2 Å². The number of carbonyl (C=O) groups is 2. The molecule has 0 saturated carbocycles. The van der Waals surface area contributed by atoms with Gasteiger partial charge in [0.15, 0.2) is 9.84 Å². The van der Waals surface area contributed by atoms with E-state index in [4.69, 9.17) is 0 Å². The van der Waals surface area contributed by atoms with E-state index in [0.29, 0.717) is 46.9 Å². The number of benzene rings is 2. The average Bonchev–Trinajstić information content (AvgIpc) is 3.37. The molecule has 40 heavy (non-hydrogen) atoms. The molecule has 12 heteroatoms. The molecule has 0 spiro atoms. The number of carbonyl (C=O) groups excluding carboxylic acids is 2. The number of para-hydroxylation sites is 1. The zero-order valence-electron chi connectivity index (χ0n) is 22.4. The summed E-state index contributed by atoms with van der Waals surface area (Å²) in [6, 6.07) is 10.0. The molecule has 0 unspecified atom stereocenters. The second-order valence-electron chi connectivity index (χ2n) is 10.1. The van der Waals surface area contributed by atoms with Gasteiger partial charge in [0.05, 0.1) is 26.7 Å². The first-order valence-electron chi connectivity index (χ1n) is 12.8. The standard InChI is InChI=1S/C28H29N5O6S/c1-17-24(29-18(2)26(17)28(35)32-12-10-31(3)11-13-32)15-22-21-14-20(8-9-23(21)30-27(22)34)40(38,39)16-19-6-4-5-7-25(19)33(36)37/h4-9,14-15,29H,10-13,16H2,1-3H3,(H,30,34)/b22-15-. The van der Waals surface area contributed by atoms with Gasteiger partial charge in [-0.2, -0.15) is 0 Å². The predicted molar refractivity (Wildman–Crippen MR) is 151 cm³/mol. The first-order valence-corrected chi connectivity index (χ1v) is 14.4. The summed E-state index contributed by atoms with van der Waals surface area (Å²) in [6.07, 6.45) is 1.63. The van der Waals surface area contributed by atoms with E-state index in [2.05, 4.69) is 15.2 Å². The molecule has 2 aliphatic rings. The first-order chi connectivity index (χ1) is 19.0. The van der Waals surface area contributed by atoms with Gasteiger partial charge in [-0.25, -0.2) is 8.42 Å². The van der Waals surface area contributed by atoms with Crippen molar-refractivity contribution in [1.29, 1.82) is 0 Å². The van der Waals surface area contributed by atoms with Crippen LogP contribution in [0.3, 0.4) is 0 Å². The van der Waals surface area contributed by atoms with E-state index in [-0.39, 0.29) is 27.6 Å². The predicted octanol–water partition coefficient (Wildman–Crippen LogP) is 3.39. The number of aromatic nitrogens is 1. The molecule has 2 amide bonds. The van der Waals surface area contributed by atoms with E-state index in [1.807, 2.05) is 25.8 Å². The van der Waals surface area contributed by atoms with Gasteiger partial charge in [0.1, 0.15) is 0 Å². The number of sulfone groups is 1. The molecule has 5 rings (SSSR count). The molecule has 1 aromatic heterocycles. The van der Waals surface area contributed by atoms with E-state index >= 15 is 0 Å². The maximum absolute atomic E-state index is 13.3. The average molecular weight is 564 g/mol. The third kappa shape index (κ3) is 5.03. The molecule has 1 saturated heterocycles. The SMILES string of the molecule is Cc1[nH]c(/C=C2\C(=O)Nc3ccc(S(=O)(=O)Cc4ccccc4[N+](=O)[O-])cc32)c(C)c1C(=O)N1CCN(C)CC1. The van der Waals surface area contributed by atoms with Crippen molar-refractivity contribution in [2.75, 3.05) is 38.5 Å². The third-order valence-corrected chi connectivity index (χ3v) is 9.10. The van der Waals surface area contributed by atoms with Crippen molar-refractivity contribution in [3.8, 4) is 0 Å². The van der Waals surface area contributed by atoms with Gasteiger partial charge in [0.2, 0.25) is 0 Å². The van der Waals surface area contributed by atoms with Gasteiger partial charge in [-0.1, -0.05) is 18.2 Å². The summed E-state index contributed by atoms with van der Waals surface area (Å²) >= 11 is 0. The fraction of sp³-hybridized carbons (Fsp3) is 0.286. The van der Waals surface area contributed by atoms with Crippen LogP contribution in [-0.4, -0.2) is 73.2 Å². The van der Waals surface area contributed by atoms with E-state index in [9.17, 15) is 28.1 Å². The highest BCUT2D eigenvalue weighted by Crippen LogP contribution is 2.36. The summed E-state index contributed by atoms with van der Waals surface area (Å²) in [4.78, 5) is 44.2. The van der Waals surface area contributed by atoms with E-state index < -0.39 is 26.4 Å². The molecule has 2 aliphatic heterocycles. The number of nitrogens with zero attached hydrogens (tertiary/aromatic N) is 3. The van der Waals surface area contributed by atoms with Crippen molar-refractivity contribution < 1.29 is 22.9 Å². The monoisotopic (exact) mass is 563 g/mol. The van der Waals surface area contributed by atoms with Gasteiger partial charge in [-0.15, -0.1) is 0 Å². The minimum atomic E-state index is -3.98. The lowest BCUT2D eigenvalue weighted by Crippen LogP contribution is -2.47. The molecule has 3 aromatic rings. The Morgan fingerprint density at radius 2 is 1.80 bits per heavy atom. The Morgan fingerprint density at radius 1 is 1.10 bits per heavy atom. The van der Waals surface area contributed by atoms with Gasteiger partial charge in [-0.3, -0.25) is 19.7 Å². The maximum Gasteiger partial charge on any atom is 0.273 e. The number of nitrogens with one attached hydrogen (secondary N) is 2. The summed E-state index contributed by atoms with van der Waals surface area (Å²) in [5.41, 5.74) is 3.45. The minimum Gasteiger partial charge on any atom is -0.358 e. The highest BCUT2D eigenvalue weighted by atomic mass is 32.2. The molecule has 208 valence electrons. The van der Waals surface area contributed by atoms with Crippen LogP contribution in [-0.2, 0) is 20.4 Å². The number of hydrogen-bond donors (Lipinski definition) is 2. The summed E-state index contributed by atoms with van der Waals surface area (Å²) in [5, 5.41) is 14.1. The fourth-order valence-electron chi connectivity index (χ4n) is 5.15. The Kier molecular flexibility index (Phi) is 7.06. The molecule has 0 atom stereocenters. The van der Waals surface area contributed by atoms with Crippen molar-refractivity contribution >= 4 is 44.7 Å². The number of fused-ring (bicyclic) bond motifs is 1. The number of likely N-dealkylation sites (N-methyl/N-ethyl adjacent to an activating group) is 1. The lowest BCUT2D eigenvalue weighted by atomic mass is 10.0. The van der Waals surface area contributed by atoms with Crippen LogP contribution in [0.1, 0.15) is 38.4 Å². The summed E-state index contributed by atoms with van der Waals surface area (Å²) < 4.78 is 26.5. The van der Waals surface area contributed by atoms with Crippen LogP contribution in [0.4, 0.5) is 11.4 Å². The minimum absolute atomic E-state index is 0.0582. The smallest absolute Gasteiger partial charge is 0.273 e. The first kappa shape index (κ1) is 27.3. The number of anilines is 1. The van der Waals surface area contributed by atoms with Crippen LogP contribution < -0.4 is 5.32 Å².